The molecule has 2 heterocycles. The zero-order valence-electron chi connectivity index (χ0n) is 17.3. The Morgan fingerprint density at radius 3 is 2.43 bits per heavy atom. The molecule has 0 bridgehead atoms. The first-order valence-electron chi connectivity index (χ1n) is 9.43. The van der Waals surface area contributed by atoms with E-state index in [2.05, 4.69) is 25.6 Å². The van der Waals surface area contributed by atoms with E-state index in [4.69, 9.17) is 15.5 Å². The van der Waals surface area contributed by atoms with Crippen LogP contribution < -0.4 is 15.4 Å². The van der Waals surface area contributed by atoms with Crippen LogP contribution in [0.25, 0.3) is 16.7 Å². The molecule has 0 radical (unpaired) electrons. The Balaban J connectivity index is 1.75. The molecule has 0 fully saturated rings. The number of fused-ring (bicyclic) bond motifs is 1. The molecule has 4 aromatic rings. The second-order valence-corrected chi connectivity index (χ2v) is 8.23. The van der Waals surface area contributed by atoms with Crippen molar-refractivity contribution in [2.75, 3.05) is 31.8 Å². The first kappa shape index (κ1) is 20.0. The van der Waals surface area contributed by atoms with Gasteiger partial charge in [0.1, 0.15) is 11.6 Å². The molecule has 2 aromatic heterocycles. The summed E-state index contributed by atoms with van der Waals surface area (Å²) in [6.45, 7) is 2.04. The summed E-state index contributed by atoms with van der Waals surface area (Å²) in [5.41, 5.74) is 8.86. The second-order valence-electron chi connectivity index (χ2n) is 6.92. The van der Waals surface area contributed by atoms with Gasteiger partial charge in [-0.3, -0.25) is 4.57 Å². The van der Waals surface area contributed by atoms with Crippen LogP contribution in [0.5, 0.6) is 5.75 Å². The van der Waals surface area contributed by atoms with Crippen molar-refractivity contribution in [1.82, 2.24) is 24.5 Å². The average molecular weight is 422 g/mol. The number of hydrogen-bond donors (Lipinski definition) is 1. The molecule has 0 amide bonds. The van der Waals surface area contributed by atoms with Gasteiger partial charge in [-0.2, -0.15) is 15.0 Å². The Labute approximate surface area is 179 Å². The fourth-order valence-electron chi connectivity index (χ4n) is 3.05. The summed E-state index contributed by atoms with van der Waals surface area (Å²) >= 11 is 1.58. The molecule has 1 atom stereocenters. The van der Waals surface area contributed by atoms with Gasteiger partial charge >= 0.3 is 0 Å². The fraction of sp³-hybridized carbons (Fsp3) is 0.238. The van der Waals surface area contributed by atoms with Crippen molar-refractivity contribution in [2.45, 2.75) is 17.3 Å². The number of benzene rings is 2. The van der Waals surface area contributed by atoms with Gasteiger partial charge in [0.15, 0.2) is 5.16 Å². The lowest BCUT2D eigenvalue weighted by molar-refractivity contribution is 0.414. The van der Waals surface area contributed by atoms with E-state index in [1.165, 1.54) is 0 Å². The van der Waals surface area contributed by atoms with E-state index in [1.807, 2.05) is 68.4 Å². The summed E-state index contributed by atoms with van der Waals surface area (Å²) < 4.78 is 7.43. The molecular formula is C21H23N7OS. The Bertz CT molecular complexity index is 1170. The molecular weight excluding hydrogens is 398 g/mol. The second kappa shape index (κ2) is 8.19. The normalized spacial score (nSPS) is 12.1. The molecule has 154 valence electrons. The monoisotopic (exact) mass is 421 g/mol. The van der Waals surface area contributed by atoms with Crippen molar-refractivity contribution < 1.29 is 4.74 Å². The Hall–Kier alpha value is -3.33. The molecule has 0 aliphatic rings. The predicted molar refractivity (Wildman–Crippen MR) is 120 cm³/mol. The van der Waals surface area contributed by atoms with E-state index in [0.717, 1.165) is 27.6 Å². The third-order valence-corrected chi connectivity index (χ3v) is 5.61. The van der Waals surface area contributed by atoms with Crippen LogP contribution in [-0.4, -0.2) is 45.7 Å². The summed E-state index contributed by atoms with van der Waals surface area (Å²) in [6, 6.07) is 16.0. The molecule has 2 aromatic carbocycles. The molecule has 9 heteroatoms. The molecule has 0 spiro atoms. The van der Waals surface area contributed by atoms with Crippen molar-refractivity contribution in [1.29, 1.82) is 0 Å². The number of nitrogen functional groups attached to an aromatic ring is 1. The van der Waals surface area contributed by atoms with E-state index in [1.54, 1.807) is 18.9 Å². The number of aromatic nitrogens is 5. The van der Waals surface area contributed by atoms with Crippen LogP contribution in [-0.2, 0) is 0 Å². The van der Waals surface area contributed by atoms with Gasteiger partial charge in [-0.1, -0.05) is 23.9 Å². The highest BCUT2D eigenvalue weighted by atomic mass is 32.2. The van der Waals surface area contributed by atoms with Gasteiger partial charge in [0.05, 0.1) is 23.4 Å². The van der Waals surface area contributed by atoms with Crippen molar-refractivity contribution in [3.05, 3.63) is 54.4 Å². The van der Waals surface area contributed by atoms with Crippen molar-refractivity contribution in [3.63, 3.8) is 0 Å². The zero-order valence-corrected chi connectivity index (χ0v) is 18.1. The number of hydrogen-bond acceptors (Lipinski definition) is 8. The number of nitrogens with two attached hydrogens (primary N) is 1. The SMILES string of the molecule is COc1ccc(-n2c(SC(C)c3nc(N)nc(N(C)C)n3)nc3ccccc32)cc1. The largest absolute Gasteiger partial charge is 0.497 e. The number of imidazole rings is 1. The lowest BCUT2D eigenvalue weighted by atomic mass is 10.2. The summed E-state index contributed by atoms with van der Waals surface area (Å²) in [6.07, 6.45) is 0. The third-order valence-electron chi connectivity index (χ3n) is 4.56. The average Bonchev–Trinajstić information content (AvgIpc) is 3.11. The van der Waals surface area contributed by atoms with Crippen LogP contribution in [0.15, 0.2) is 53.7 Å². The molecule has 8 nitrogen and oxygen atoms in total. The summed E-state index contributed by atoms with van der Waals surface area (Å²) in [4.78, 5) is 19.8. The van der Waals surface area contributed by atoms with Crippen LogP contribution in [0, 0.1) is 0 Å². The Kier molecular flexibility index (Phi) is 5.45. The fourth-order valence-corrected chi connectivity index (χ4v) is 4.04. The number of methoxy groups -OCH3 is 1. The van der Waals surface area contributed by atoms with E-state index < -0.39 is 0 Å². The lowest BCUT2D eigenvalue weighted by Gasteiger charge is -2.15. The van der Waals surface area contributed by atoms with Gasteiger partial charge in [-0.25, -0.2) is 4.98 Å². The predicted octanol–water partition coefficient (Wildman–Crippen LogP) is 3.72. The van der Waals surface area contributed by atoms with E-state index in [-0.39, 0.29) is 11.2 Å². The highest BCUT2D eigenvalue weighted by Crippen LogP contribution is 2.37. The van der Waals surface area contributed by atoms with Gasteiger partial charge in [0.2, 0.25) is 11.9 Å². The number of ether oxygens (including phenoxy) is 1. The number of anilines is 2. The maximum Gasteiger partial charge on any atom is 0.229 e. The minimum atomic E-state index is -0.0807. The number of para-hydroxylation sites is 2. The van der Waals surface area contributed by atoms with Gasteiger partial charge in [-0.05, 0) is 43.3 Å². The maximum absolute atomic E-state index is 5.91. The topological polar surface area (TPSA) is 95.0 Å². The maximum atomic E-state index is 5.91. The molecule has 0 saturated carbocycles. The zero-order chi connectivity index (χ0) is 21.3. The third kappa shape index (κ3) is 3.88. The van der Waals surface area contributed by atoms with Crippen molar-refractivity contribution >= 4 is 34.7 Å². The number of rotatable bonds is 6. The molecule has 0 aliphatic carbocycles. The van der Waals surface area contributed by atoms with Crippen LogP contribution in [0.3, 0.4) is 0 Å². The lowest BCUT2D eigenvalue weighted by Crippen LogP contribution is -2.16. The van der Waals surface area contributed by atoms with Gasteiger partial charge in [0, 0.05) is 19.8 Å². The summed E-state index contributed by atoms with van der Waals surface area (Å²) in [7, 11) is 5.41. The summed E-state index contributed by atoms with van der Waals surface area (Å²) in [5, 5.41) is 0.766. The molecule has 4 rings (SSSR count). The minimum Gasteiger partial charge on any atom is -0.497 e. The Morgan fingerprint density at radius 1 is 1.00 bits per heavy atom. The van der Waals surface area contributed by atoms with Gasteiger partial charge < -0.3 is 15.4 Å². The van der Waals surface area contributed by atoms with E-state index in [9.17, 15) is 0 Å². The Morgan fingerprint density at radius 2 is 1.73 bits per heavy atom. The van der Waals surface area contributed by atoms with E-state index in [0.29, 0.717) is 11.8 Å². The first-order valence-corrected chi connectivity index (χ1v) is 10.3. The van der Waals surface area contributed by atoms with E-state index >= 15 is 0 Å². The smallest absolute Gasteiger partial charge is 0.229 e. The van der Waals surface area contributed by atoms with Gasteiger partial charge in [-0.15, -0.1) is 0 Å². The van der Waals surface area contributed by atoms with Gasteiger partial charge in [0.25, 0.3) is 0 Å². The van der Waals surface area contributed by atoms with Crippen LogP contribution in [0.2, 0.25) is 0 Å². The quantitative estimate of drug-likeness (QED) is 0.471. The highest BCUT2D eigenvalue weighted by Gasteiger charge is 2.20. The van der Waals surface area contributed by atoms with Crippen LogP contribution in [0.1, 0.15) is 18.0 Å². The molecule has 0 saturated heterocycles. The number of nitrogens with zero attached hydrogens (tertiary/aromatic N) is 6. The standard InChI is InChI=1S/C21H23N7OS/c1-13(18-24-19(22)26-20(25-18)27(2)3)30-21-23-16-7-5-6-8-17(16)28(21)14-9-11-15(29-4)12-10-14/h5-13H,1-4H3,(H2,22,24,25,26). The van der Waals surface area contributed by atoms with Crippen molar-refractivity contribution in [3.8, 4) is 11.4 Å². The molecule has 2 N–H and O–H groups in total. The number of thioether (sulfide) groups is 1. The molecule has 1 unspecified atom stereocenters. The molecule has 30 heavy (non-hydrogen) atoms. The minimum absolute atomic E-state index is 0.0807. The highest BCUT2D eigenvalue weighted by molar-refractivity contribution is 7.99. The van der Waals surface area contributed by atoms with Crippen LogP contribution >= 0.6 is 11.8 Å². The molecule has 0 aliphatic heterocycles. The van der Waals surface area contributed by atoms with Crippen LogP contribution in [0.4, 0.5) is 11.9 Å². The van der Waals surface area contributed by atoms with Crippen molar-refractivity contribution in [2.24, 2.45) is 0 Å². The summed E-state index contributed by atoms with van der Waals surface area (Å²) in [5.74, 6) is 2.17. The first-order chi connectivity index (χ1) is 14.5.